The first kappa shape index (κ1) is 19.9. The molecule has 0 N–H and O–H groups in total. The van der Waals surface area contributed by atoms with Gasteiger partial charge < -0.3 is 9.64 Å². The van der Waals surface area contributed by atoms with Crippen LogP contribution in [0.3, 0.4) is 0 Å². The normalized spacial score (nSPS) is 11.7. The Labute approximate surface area is 173 Å². The van der Waals surface area contributed by atoms with Gasteiger partial charge >= 0.3 is 0 Å². The molecule has 4 nitrogen and oxygen atoms in total. The molecule has 1 heterocycles. The highest BCUT2D eigenvalue weighted by atomic mass is 35.5. The molecular formula is C20H21Cl2N3OS. The zero-order valence-corrected chi connectivity index (χ0v) is 18.2. The van der Waals surface area contributed by atoms with Gasteiger partial charge in [-0.25, -0.2) is 4.99 Å². The largest absolute Gasteiger partial charge is 0.444 e. The fraction of sp³-hybridized carbons (Fsp3) is 0.300. The van der Waals surface area contributed by atoms with Gasteiger partial charge in [-0.3, -0.25) is 0 Å². The van der Waals surface area contributed by atoms with Crippen molar-refractivity contribution in [1.82, 2.24) is 9.27 Å². The minimum atomic E-state index is 0.397. The summed E-state index contributed by atoms with van der Waals surface area (Å²) >= 11 is 13.8. The second kappa shape index (κ2) is 8.05. The van der Waals surface area contributed by atoms with Crippen LogP contribution in [0.15, 0.2) is 29.3 Å². The van der Waals surface area contributed by atoms with E-state index in [4.69, 9.17) is 27.9 Å². The molecule has 0 aliphatic rings. The maximum absolute atomic E-state index is 6.34. The van der Waals surface area contributed by atoms with Crippen molar-refractivity contribution in [1.29, 1.82) is 0 Å². The van der Waals surface area contributed by atoms with E-state index in [0.29, 0.717) is 26.7 Å². The van der Waals surface area contributed by atoms with E-state index in [9.17, 15) is 0 Å². The third-order valence-corrected chi connectivity index (χ3v) is 5.74. The Balaban J connectivity index is 1.93. The second-order valence-corrected chi connectivity index (χ2v) is 8.28. The van der Waals surface area contributed by atoms with Gasteiger partial charge in [0.05, 0.1) is 27.5 Å². The van der Waals surface area contributed by atoms with E-state index >= 15 is 0 Å². The fourth-order valence-electron chi connectivity index (χ4n) is 2.44. The van der Waals surface area contributed by atoms with E-state index < -0.39 is 0 Å². The summed E-state index contributed by atoms with van der Waals surface area (Å²) in [5.41, 5.74) is 3.60. The van der Waals surface area contributed by atoms with Gasteiger partial charge in [0, 0.05) is 24.6 Å². The zero-order chi connectivity index (χ0) is 19.7. The van der Waals surface area contributed by atoms with Gasteiger partial charge in [-0.05, 0) is 63.1 Å². The third kappa shape index (κ3) is 4.21. The van der Waals surface area contributed by atoms with Crippen molar-refractivity contribution in [2.24, 2.45) is 4.99 Å². The van der Waals surface area contributed by atoms with Crippen molar-refractivity contribution in [2.75, 3.05) is 7.05 Å². The van der Waals surface area contributed by atoms with E-state index in [1.54, 1.807) is 12.1 Å². The summed E-state index contributed by atoms with van der Waals surface area (Å²) in [6, 6.07) is 7.91. The Bertz CT molecular complexity index is 1010. The molecule has 0 bridgehead atoms. The zero-order valence-electron chi connectivity index (χ0n) is 15.9. The van der Waals surface area contributed by atoms with Gasteiger partial charge in [-0.2, -0.15) is 4.37 Å². The third-order valence-electron chi connectivity index (χ3n) is 4.39. The summed E-state index contributed by atoms with van der Waals surface area (Å²) in [6.45, 7) is 8.26. The van der Waals surface area contributed by atoms with Gasteiger partial charge in [0.25, 0.3) is 0 Å². The van der Waals surface area contributed by atoms with Crippen molar-refractivity contribution >= 4 is 57.7 Å². The fourth-order valence-corrected chi connectivity index (χ4v) is 3.77. The van der Waals surface area contributed by atoms with Crippen LogP contribution in [0.1, 0.15) is 25.0 Å². The number of hydrogen-bond donors (Lipinski definition) is 0. The van der Waals surface area contributed by atoms with Crippen LogP contribution < -0.4 is 4.74 Å². The van der Waals surface area contributed by atoms with Gasteiger partial charge in [0.1, 0.15) is 11.3 Å². The lowest BCUT2D eigenvalue weighted by molar-refractivity contribution is 0.429. The average molecular weight is 422 g/mol. The molecule has 0 aliphatic carbocycles. The highest BCUT2D eigenvalue weighted by Gasteiger charge is 2.16. The molecule has 0 spiro atoms. The maximum atomic E-state index is 6.34. The van der Waals surface area contributed by atoms with Gasteiger partial charge in [-0.1, -0.05) is 23.2 Å². The lowest BCUT2D eigenvalue weighted by Gasteiger charge is -2.17. The molecule has 3 rings (SSSR count). The van der Waals surface area contributed by atoms with Crippen LogP contribution in [-0.2, 0) is 0 Å². The molecule has 142 valence electrons. The number of aryl methyl sites for hydroxylation is 2. The van der Waals surface area contributed by atoms with Crippen LogP contribution in [0.2, 0.25) is 10.0 Å². The molecule has 0 saturated heterocycles. The number of halogens is 2. The van der Waals surface area contributed by atoms with Crippen LogP contribution in [-0.4, -0.2) is 28.7 Å². The molecule has 0 amide bonds. The van der Waals surface area contributed by atoms with E-state index in [1.165, 1.54) is 11.5 Å². The number of rotatable bonds is 5. The van der Waals surface area contributed by atoms with E-state index in [2.05, 4.69) is 28.1 Å². The highest BCUT2D eigenvalue weighted by Crippen LogP contribution is 2.42. The minimum absolute atomic E-state index is 0.397. The Morgan fingerprint density at radius 3 is 2.56 bits per heavy atom. The monoisotopic (exact) mass is 421 g/mol. The standard InChI is InChI=1S/C20H21Cl2N3OS/c1-11(2)25(5)10-23-16-8-13(4)17(9-12(16)3)26-20-18-14(21)6-7-15(22)19(18)24-27-20/h6-11H,1-5H3/b23-10-. The Morgan fingerprint density at radius 2 is 1.85 bits per heavy atom. The molecule has 0 aliphatic heterocycles. The summed E-state index contributed by atoms with van der Waals surface area (Å²) in [4.78, 5) is 6.66. The summed E-state index contributed by atoms with van der Waals surface area (Å²) in [7, 11) is 2.01. The predicted octanol–water partition coefficient (Wildman–Crippen LogP) is 7.01. The maximum Gasteiger partial charge on any atom is 0.209 e. The van der Waals surface area contributed by atoms with Crippen LogP contribution in [0, 0.1) is 13.8 Å². The van der Waals surface area contributed by atoms with E-state index in [-0.39, 0.29) is 0 Å². The first-order valence-electron chi connectivity index (χ1n) is 8.56. The number of ether oxygens (including phenoxy) is 1. The van der Waals surface area contributed by atoms with Crippen LogP contribution in [0.5, 0.6) is 10.8 Å². The minimum Gasteiger partial charge on any atom is -0.444 e. The van der Waals surface area contributed by atoms with Crippen LogP contribution in [0.25, 0.3) is 10.9 Å². The quantitative estimate of drug-likeness (QED) is 0.328. The predicted molar refractivity (Wildman–Crippen MR) is 117 cm³/mol. The van der Waals surface area contributed by atoms with E-state index in [1.807, 2.05) is 39.4 Å². The number of fused-ring (bicyclic) bond motifs is 1. The molecule has 0 radical (unpaired) electrons. The van der Waals surface area contributed by atoms with E-state index in [0.717, 1.165) is 28.0 Å². The Morgan fingerprint density at radius 1 is 1.15 bits per heavy atom. The number of nitrogens with zero attached hydrogens (tertiary/aromatic N) is 3. The highest BCUT2D eigenvalue weighted by molar-refractivity contribution is 7.09. The first-order chi connectivity index (χ1) is 12.8. The van der Waals surface area contributed by atoms with Crippen molar-refractivity contribution in [3.8, 4) is 10.8 Å². The number of hydrogen-bond acceptors (Lipinski definition) is 4. The number of aliphatic imine (C=N–C) groups is 1. The summed E-state index contributed by atoms with van der Waals surface area (Å²) < 4.78 is 10.5. The Hall–Kier alpha value is -1.82. The Kier molecular flexibility index (Phi) is 5.94. The lowest BCUT2D eigenvalue weighted by Crippen LogP contribution is -2.24. The molecule has 7 heteroatoms. The molecule has 27 heavy (non-hydrogen) atoms. The number of benzene rings is 2. The van der Waals surface area contributed by atoms with Gasteiger partial charge in [-0.15, -0.1) is 0 Å². The molecule has 3 aromatic rings. The summed E-state index contributed by atoms with van der Waals surface area (Å²) in [5, 5.41) is 2.51. The molecule has 2 aromatic carbocycles. The topological polar surface area (TPSA) is 37.7 Å². The average Bonchev–Trinajstić information content (AvgIpc) is 3.04. The smallest absolute Gasteiger partial charge is 0.209 e. The lowest BCUT2D eigenvalue weighted by atomic mass is 10.1. The summed E-state index contributed by atoms with van der Waals surface area (Å²) in [5.74, 6) is 0.755. The molecular weight excluding hydrogens is 401 g/mol. The number of aromatic nitrogens is 1. The molecule has 0 fully saturated rings. The van der Waals surface area contributed by atoms with Gasteiger partial charge in [0.2, 0.25) is 5.06 Å². The van der Waals surface area contributed by atoms with Crippen LogP contribution >= 0.6 is 34.7 Å². The SMILES string of the molecule is Cc1cc(Oc2snc3c(Cl)ccc(Cl)c23)c(C)cc1/N=C\N(C)C(C)C. The van der Waals surface area contributed by atoms with Gasteiger partial charge in [0.15, 0.2) is 0 Å². The molecule has 0 atom stereocenters. The summed E-state index contributed by atoms with van der Waals surface area (Å²) in [6.07, 6.45) is 1.85. The molecule has 0 saturated carbocycles. The second-order valence-electron chi connectivity index (χ2n) is 6.73. The van der Waals surface area contributed by atoms with Crippen molar-refractivity contribution in [2.45, 2.75) is 33.7 Å². The molecule has 0 unspecified atom stereocenters. The van der Waals surface area contributed by atoms with Crippen molar-refractivity contribution in [3.05, 3.63) is 45.4 Å². The van der Waals surface area contributed by atoms with Crippen molar-refractivity contribution < 1.29 is 4.74 Å². The van der Waals surface area contributed by atoms with Crippen molar-refractivity contribution in [3.63, 3.8) is 0 Å². The first-order valence-corrected chi connectivity index (χ1v) is 10.1. The van der Waals surface area contributed by atoms with Crippen LogP contribution in [0.4, 0.5) is 5.69 Å². The molecule has 1 aromatic heterocycles.